The van der Waals surface area contributed by atoms with Gasteiger partial charge in [-0.15, -0.1) is 0 Å². The van der Waals surface area contributed by atoms with Crippen LogP contribution in [0.3, 0.4) is 0 Å². The second-order valence-electron chi connectivity index (χ2n) is 7.26. The van der Waals surface area contributed by atoms with E-state index in [2.05, 4.69) is 25.7 Å². The van der Waals surface area contributed by atoms with Gasteiger partial charge < -0.3 is 19.8 Å². The van der Waals surface area contributed by atoms with Crippen LogP contribution in [-0.2, 0) is 9.53 Å². The van der Waals surface area contributed by atoms with Gasteiger partial charge in [0.25, 0.3) is 0 Å². The Balaban J connectivity index is 1.49. The second-order valence-corrected chi connectivity index (χ2v) is 8.22. The molecule has 34 heavy (non-hydrogen) atoms. The minimum atomic E-state index is -0.760. The van der Waals surface area contributed by atoms with E-state index >= 15 is 0 Å². The molecule has 0 spiro atoms. The maximum atomic E-state index is 12.8. The monoisotopic (exact) mass is 476 g/mol. The maximum absolute atomic E-state index is 12.8. The smallest absolute Gasteiger partial charge is 0.338 e. The summed E-state index contributed by atoms with van der Waals surface area (Å²) in [6.45, 7) is 1.93. The fourth-order valence-corrected chi connectivity index (χ4v) is 4.62. The van der Waals surface area contributed by atoms with Crippen LogP contribution >= 0.6 is 11.8 Å². The average Bonchev–Trinajstić information content (AvgIpc) is 3.53. The van der Waals surface area contributed by atoms with E-state index in [4.69, 9.17) is 9.15 Å². The number of aromatic nitrogens is 4. The first-order valence-corrected chi connectivity index (χ1v) is 11.5. The summed E-state index contributed by atoms with van der Waals surface area (Å²) in [5.74, 6) is 0.173. The maximum Gasteiger partial charge on any atom is 0.338 e. The standard InChI is InChI=1S/C23H20N6O4S/c1-2-32-22(30)18-16(27-23(31)28-19(18)17-9-6-10-33-17)12-34-21-15-11-26-29(20(15)24-13-25-21)14-7-4-3-5-8-14/h3-11,13,19H,2,12H2,1H3,(H2,27,28,31)/t19-/m1/s1. The number of nitrogens with zero attached hydrogens (tertiary/aromatic N) is 4. The zero-order valence-electron chi connectivity index (χ0n) is 18.1. The number of rotatable bonds is 7. The van der Waals surface area contributed by atoms with Crippen LogP contribution < -0.4 is 10.6 Å². The quantitative estimate of drug-likeness (QED) is 0.236. The van der Waals surface area contributed by atoms with E-state index in [1.54, 1.807) is 29.9 Å². The normalized spacial score (nSPS) is 15.8. The molecule has 10 nitrogen and oxygen atoms in total. The number of benzene rings is 1. The van der Waals surface area contributed by atoms with Crippen LogP contribution in [0.1, 0.15) is 18.7 Å². The fourth-order valence-electron chi connectivity index (χ4n) is 3.69. The molecule has 0 fully saturated rings. The molecule has 1 aliphatic heterocycles. The van der Waals surface area contributed by atoms with E-state index in [1.807, 2.05) is 30.3 Å². The molecule has 4 heterocycles. The first-order chi connectivity index (χ1) is 16.7. The number of ether oxygens (including phenoxy) is 1. The topological polar surface area (TPSA) is 124 Å². The van der Waals surface area contributed by atoms with E-state index in [9.17, 15) is 9.59 Å². The van der Waals surface area contributed by atoms with E-state index < -0.39 is 18.0 Å². The summed E-state index contributed by atoms with van der Waals surface area (Å²) in [4.78, 5) is 34.0. The molecule has 1 aromatic carbocycles. The SMILES string of the molecule is CCOC(=O)C1=C(CSc2ncnc3c2cnn3-c2ccccc2)NC(=O)N[C@@H]1c1ccco1. The van der Waals surface area contributed by atoms with Gasteiger partial charge in [-0.1, -0.05) is 30.0 Å². The van der Waals surface area contributed by atoms with Gasteiger partial charge in [-0.3, -0.25) is 0 Å². The fraction of sp³-hybridized carbons (Fsp3) is 0.174. The van der Waals surface area contributed by atoms with Crippen molar-refractivity contribution >= 4 is 34.8 Å². The van der Waals surface area contributed by atoms with Crippen molar-refractivity contribution in [2.75, 3.05) is 12.4 Å². The van der Waals surface area contributed by atoms with Crippen LogP contribution in [0, 0.1) is 0 Å². The van der Waals surface area contributed by atoms with Crippen molar-refractivity contribution in [1.82, 2.24) is 30.4 Å². The summed E-state index contributed by atoms with van der Waals surface area (Å²) in [7, 11) is 0. The highest BCUT2D eigenvalue weighted by molar-refractivity contribution is 7.99. The van der Waals surface area contributed by atoms with Gasteiger partial charge >= 0.3 is 12.0 Å². The number of para-hydroxylation sites is 1. The molecule has 1 atom stereocenters. The van der Waals surface area contributed by atoms with Crippen LogP contribution in [0.15, 0.2) is 82.0 Å². The molecule has 2 N–H and O–H groups in total. The number of nitrogens with one attached hydrogen (secondary N) is 2. The molecule has 172 valence electrons. The zero-order chi connectivity index (χ0) is 23.5. The Labute approximate surface area is 198 Å². The molecule has 0 bridgehead atoms. The number of hydrogen-bond donors (Lipinski definition) is 2. The number of carbonyl (C=O) groups is 2. The molecule has 0 unspecified atom stereocenters. The molecule has 0 saturated heterocycles. The molecule has 11 heteroatoms. The molecular formula is C23H20N6O4S. The third-order valence-corrected chi connectivity index (χ3v) is 6.19. The highest BCUT2D eigenvalue weighted by atomic mass is 32.2. The third kappa shape index (κ3) is 4.13. The molecular weight excluding hydrogens is 456 g/mol. The van der Waals surface area contributed by atoms with E-state index in [0.717, 1.165) is 11.1 Å². The predicted molar refractivity (Wildman–Crippen MR) is 124 cm³/mol. The van der Waals surface area contributed by atoms with Gasteiger partial charge in [0, 0.05) is 11.4 Å². The Hall–Kier alpha value is -4.12. The number of hydrogen-bond acceptors (Lipinski definition) is 8. The average molecular weight is 477 g/mol. The first kappa shape index (κ1) is 21.7. The number of urea groups is 1. The number of carbonyl (C=O) groups excluding carboxylic acids is 2. The van der Waals surface area contributed by atoms with Crippen LogP contribution in [0.25, 0.3) is 16.7 Å². The van der Waals surface area contributed by atoms with Gasteiger partial charge in [0.15, 0.2) is 5.65 Å². The van der Waals surface area contributed by atoms with Gasteiger partial charge in [-0.25, -0.2) is 24.2 Å². The van der Waals surface area contributed by atoms with Crippen LogP contribution in [0.5, 0.6) is 0 Å². The first-order valence-electron chi connectivity index (χ1n) is 10.5. The summed E-state index contributed by atoms with van der Waals surface area (Å²) < 4.78 is 12.5. The number of furan rings is 1. The van der Waals surface area contributed by atoms with Crippen molar-refractivity contribution in [3.8, 4) is 5.69 Å². The molecule has 0 aliphatic carbocycles. The predicted octanol–water partition coefficient (Wildman–Crippen LogP) is 3.37. The van der Waals surface area contributed by atoms with E-state index in [1.165, 1.54) is 24.4 Å². The van der Waals surface area contributed by atoms with E-state index in [-0.39, 0.29) is 17.9 Å². The van der Waals surface area contributed by atoms with Gasteiger partial charge in [0.1, 0.15) is 23.2 Å². The Bertz CT molecular complexity index is 1370. The lowest BCUT2D eigenvalue weighted by Crippen LogP contribution is -2.46. The number of esters is 1. The van der Waals surface area contributed by atoms with Crippen molar-refractivity contribution in [3.63, 3.8) is 0 Å². The summed E-state index contributed by atoms with van der Waals surface area (Å²) in [6.07, 6.45) is 4.67. The number of amides is 2. The molecule has 4 aromatic rings. The van der Waals surface area contributed by atoms with Gasteiger partial charge in [0.05, 0.1) is 35.7 Å². The van der Waals surface area contributed by atoms with Crippen LogP contribution in [0.4, 0.5) is 4.79 Å². The molecule has 0 saturated carbocycles. The van der Waals surface area contributed by atoms with Gasteiger partial charge in [0.2, 0.25) is 0 Å². The largest absolute Gasteiger partial charge is 0.467 e. The van der Waals surface area contributed by atoms with Crippen molar-refractivity contribution in [2.45, 2.75) is 18.0 Å². The Morgan fingerprint density at radius 3 is 2.82 bits per heavy atom. The Morgan fingerprint density at radius 1 is 1.21 bits per heavy atom. The summed E-state index contributed by atoms with van der Waals surface area (Å²) >= 11 is 1.36. The third-order valence-electron chi connectivity index (χ3n) is 5.16. The summed E-state index contributed by atoms with van der Waals surface area (Å²) in [6, 6.07) is 11.9. The summed E-state index contributed by atoms with van der Waals surface area (Å²) in [5.41, 5.74) is 2.25. The van der Waals surface area contributed by atoms with E-state index in [0.29, 0.717) is 22.1 Å². The highest BCUT2D eigenvalue weighted by Gasteiger charge is 2.35. The molecule has 0 radical (unpaired) electrons. The highest BCUT2D eigenvalue weighted by Crippen LogP contribution is 2.32. The van der Waals surface area contributed by atoms with Gasteiger partial charge in [-0.2, -0.15) is 5.10 Å². The van der Waals surface area contributed by atoms with Crippen molar-refractivity contribution in [1.29, 1.82) is 0 Å². The molecule has 2 amide bonds. The Kier molecular flexibility index (Phi) is 6.00. The minimum absolute atomic E-state index is 0.201. The van der Waals surface area contributed by atoms with Crippen molar-refractivity contribution in [3.05, 3.63) is 78.3 Å². The van der Waals surface area contributed by atoms with Crippen molar-refractivity contribution in [2.24, 2.45) is 0 Å². The Morgan fingerprint density at radius 2 is 2.06 bits per heavy atom. The number of thioether (sulfide) groups is 1. The summed E-state index contributed by atoms with van der Waals surface area (Å²) in [5, 5.41) is 11.4. The lowest BCUT2D eigenvalue weighted by Gasteiger charge is -2.27. The number of fused-ring (bicyclic) bond motifs is 1. The molecule has 5 rings (SSSR count). The lowest BCUT2D eigenvalue weighted by atomic mass is 10.0. The van der Waals surface area contributed by atoms with Gasteiger partial charge in [-0.05, 0) is 31.2 Å². The lowest BCUT2D eigenvalue weighted by molar-refractivity contribution is -0.139. The minimum Gasteiger partial charge on any atom is -0.467 e. The molecule has 3 aromatic heterocycles. The zero-order valence-corrected chi connectivity index (χ0v) is 18.9. The van der Waals surface area contributed by atoms with Crippen molar-refractivity contribution < 1.29 is 18.7 Å². The second kappa shape index (κ2) is 9.40. The van der Waals surface area contributed by atoms with Crippen LogP contribution in [-0.4, -0.2) is 44.1 Å². The molecule has 1 aliphatic rings. The van der Waals surface area contributed by atoms with Crippen LogP contribution in [0.2, 0.25) is 0 Å².